The highest BCUT2D eigenvalue weighted by Gasteiger charge is 2.22. The van der Waals surface area contributed by atoms with Crippen molar-refractivity contribution >= 4 is 11.7 Å². The van der Waals surface area contributed by atoms with Gasteiger partial charge in [0.25, 0.3) is 0 Å². The Bertz CT molecular complexity index is 524. The van der Waals surface area contributed by atoms with Crippen LogP contribution in [0.15, 0.2) is 36.0 Å². The quantitative estimate of drug-likeness (QED) is 0.854. The summed E-state index contributed by atoms with van der Waals surface area (Å²) in [5.41, 5.74) is 2.17. The molecule has 0 bridgehead atoms. The topological polar surface area (TPSA) is 64.9 Å². The molecule has 1 aromatic carbocycles. The summed E-state index contributed by atoms with van der Waals surface area (Å²) in [5, 5.41) is 14.2. The molecular formula is C14H15N3O. The minimum absolute atomic E-state index is 0.322. The number of urea groups is 1. The van der Waals surface area contributed by atoms with Crippen molar-refractivity contribution in [1.82, 2.24) is 5.32 Å². The van der Waals surface area contributed by atoms with Gasteiger partial charge in [-0.1, -0.05) is 17.7 Å². The molecule has 0 atom stereocenters. The number of para-hydroxylation sites is 1. The molecule has 2 rings (SSSR count). The van der Waals surface area contributed by atoms with Gasteiger partial charge in [-0.3, -0.25) is 0 Å². The van der Waals surface area contributed by atoms with Gasteiger partial charge in [0.15, 0.2) is 0 Å². The number of carbonyl (C=O) groups excluding carboxylic acids is 1. The maximum Gasteiger partial charge on any atom is 0.323 e. The van der Waals surface area contributed by atoms with Gasteiger partial charge in [0.2, 0.25) is 0 Å². The molecule has 0 unspecified atom stereocenters. The molecule has 92 valence electrons. The van der Waals surface area contributed by atoms with E-state index in [0.717, 1.165) is 0 Å². The first-order valence-electron chi connectivity index (χ1n) is 5.94. The summed E-state index contributed by atoms with van der Waals surface area (Å²) in [4.78, 5) is 11.7. The van der Waals surface area contributed by atoms with Crippen molar-refractivity contribution < 1.29 is 4.79 Å². The van der Waals surface area contributed by atoms with Gasteiger partial charge in [-0.2, -0.15) is 5.26 Å². The van der Waals surface area contributed by atoms with Crippen LogP contribution in [0.1, 0.15) is 25.3 Å². The number of benzene rings is 1. The molecule has 2 amide bonds. The summed E-state index contributed by atoms with van der Waals surface area (Å²) >= 11 is 0. The van der Waals surface area contributed by atoms with Crippen molar-refractivity contribution in [1.29, 1.82) is 5.26 Å². The first-order valence-corrected chi connectivity index (χ1v) is 5.94. The lowest BCUT2D eigenvalue weighted by atomic mass is 10.2. The van der Waals surface area contributed by atoms with Crippen LogP contribution in [0.25, 0.3) is 0 Å². The summed E-state index contributed by atoms with van der Waals surface area (Å²) < 4.78 is 0. The monoisotopic (exact) mass is 241 g/mol. The molecule has 0 heterocycles. The molecule has 4 heteroatoms. The second-order valence-corrected chi connectivity index (χ2v) is 4.42. The van der Waals surface area contributed by atoms with Crippen LogP contribution in [0.4, 0.5) is 10.5 Å². The standard InChI is InChI=1S/C14H15N3O/c1-10(11-6-7-11)9-16-14(18)17-13-5-3-2-4-12(13)8-15/h2-5,9,11H,6-7H2,1H3,(H2,16,17,18)/b10-9+. The highest BCUT2D eigenvalue weighted by Crippen LogP contribution is 2.35. The number of rotatable bonds is 3. The third kappa shape index (κ3) is 3.11. The van der Waals surface area contributed by atoms with Crippen molar-refractivity contribution in [3.63, 3.8) is 0 Å². The number of hydrogen-bond acceptors (Lipinski definition) is 2. The van der Waals surface area contributed by atoms with E-state index in [4.69, 9.17) is 5.26 Å². The zero-order valence-corrected chi connectivity index (χ0v) is 10.2. The van der Waals surface area contributed by atoms with Crippen LogP contribution >= 0.6 is 0 Å². The molecule has 2 N–H and O–H groups in total. The fourth-order valence-corrected chi connectivity index (χ4v) is 1.68. The third-order valence-corrected chi connectivity index (χ3v) is 2.95. The largest absolute Gasteiger partial charge is 0.323 e. The van der Waals surface area contributed by atoms with Crippen molar-refractivity contribution in [2.75, 3.05) is 5.32 Å². The Balaban J connectivity index is 1.95. The zero-order chi connectivity index (χ0) is 13.0. The molecule has 0 saturated heterocycles. The number of nitriles is 1. The summed E-state index contributed by atoms with van der Waals surface area (Å²) in [6.07, 6.45) is 4.16. The van der Waals surface area contributed by atoms with Crippen LogP contribution in [0.2, 0.25) is 0 Å². The van der Waals surface area contributed by atoms with E-state index in [2.05, 4.69) is 10.6 Å². The minimum Gasteiger partial charge on any atom is -0.314 e. The van der Waals surface area contributed by atoms with Crippen LogP contribution in [0, 0.1) is 17.2 Å². The van der Waals surface area contributed by atoms with Gasteiger partial charge >= 0.3 is 6.03 Å². The number of hydrogen-bond donors (Lipinski definition) is 2. The van der Waals surface area contributed by atoms with Gasteiger partial charge in [-0.05, 0) is 37.8 Å². The molecule has 0 radical (unpaired) electrons. The van der Waals surface area contributed by atoms with Crippen molar-refractivity contribution in [2.45, 2.75) is 19.8 Å². The van der Waals surface area contributed by atoms with Crippen molar-refractivity contribution in [2.24, 2.45) is 5.92 Å². The Kier molecular flexibility index (Phi) is 3.63. The molecule has 1 aromatic rings. The zero-order valence-electron chi connectivity index (χ0n) is 10.2. The lowest BCUT2D eigenvalue weighted by molar-refractivity contribution is 0.255. The lowest BCUT2D eigenvalue weighted by Crippen LogP contribution is -2.24. The first kappa shape index (κ1) is 12.2. The molecule has 4 nitrogen and oxygen atoms in total. The smallest absolute Gasteiger partial charge is 0.314 e. The summed E-state index contributed by atoms with van der Waals surface area (Å²) in [6.45, 7) is 2.02. The minimum atomic E-state index is -0.322. The van der Waals surface area contributed by atoms with E-state index >= 15 is 0 Å². The summed E-state index contributed by atoms with van der Waals surface area (Å²) in [5.74, 6) is 0.636. The second kappa shape index (κ2) is 5.37. The molecule has 18 heavy (non-hydrogen) atoms. The number of nitrogens with one attached hydrogen (secondary N) is 2. The molecule has 0 aromatic heterocycles. The van der Waals surface area contributed by atoms with Crippen LogP contribution in [-0.4, -0.2) is 6.03 Å². The van der Waals surface area contributed by atoms with Gasteiger partial charge in [0.05, 0.1) is 11.3 Å². The SMILES string of the molecule is C/C(=C\NC(=O)Nc1ccccc1C#N)C1CC1. The maximum atomic E-state index is 11.7. The van der Waals surface area contributed by atoms with E-state index in [1.165, 1.54) is 18.4 Å². The van der Waals surface area contributed by atoms with Crippen LogP contribution in [0.5, 0.6) is 0 Å². The number of anilines is 1. The molecule has 1 aliphatic rings. The van der Waals surface area contributed by atoms with Gasteiger partial charge in [0.1, 0.15) is 6.07 Å². The van der Waals surface area contributed by atoms with Crippen LogP contribution in [0.3, 0.4) is 0 Å². The van der Waals surface area contributed by atoms with Crippen LogP contribution in [-0.2, 0) is 0 Å². The Morgan fingerprint density at radius 2 is 2.17 bits per heavy atom. The Morgan fingerprint density at radius 1 is 1.44 bits per heavy atom. The number of carbonyl (C=O) groups is 1. The van der Waals surface area contributed by atoms with Gasteiger partial charge in [-0.15, -0.1) is 0 Å². The van der Waals surface area contributed by atoms with E-state index in [1.807, 2.05) is 13.0 Å². The van der Waals surface area contributed by atoms with E-state index in [9.17, 15) is 4.79 Å². The molecule has 1 fully saturated rings. The Hall–Kier alpha value is -2.28. The Labute approximate surface area is 106 Å². The van der Waals surface area contributed by atoms with Gasteiger partial charge in [0, 0.05) is 6.20 Å². The molecule has 1 aliphatic carbocycles. The van der Waals surface area contributed by atoms with E-state index in [0.29, 0.717) is 17.2 Å². The average molecular weight is 241 g/mol. The second-order valence-electron chi connectivity index (χ2n) is 4.42. The predicted octanol–water partition coefficient (Wildman–Crippen LogP) is 2.99. The normalized spacial score (nSPS) is 14.8. The van der Waals surface area contributed by atoms with Crippen molar-refractivity contribution in [3.05, 3.63) is 41.6 Å². The van der Waals surface area contributed by atoms with Gasteiger partial charge in [-0.25, -0.2) is 4.79 Å². The highest BCUT2D eigenvalue weighted by atomic mass is 16.2. The van der Waals surface area contributed by atoms with E-state index < -0.39 is 0 Å². The fraction of sp³-hybridized carbons (Fsp3) is 0.286. The Morgan fingerprint density at radius 3 is 2.83 bits per heavy atom. The molecule has 0 aliphatic heterocycles. The van der Waals surface area contributed by atoms with Crippen molar-refractivity contribution in [3.8, 4) is 6.07 Å². The first-order chi connectivity index (χ1) is 8.70. The highest BCUT2D eigenvalue weighted by molar-refractivity contribution is 5.91. The molecule has 1 saturated carbocycles. The average Bonchev–Trinajstić information content (AvgIpc) is 3.21. The van der Waals surface area contributed by atoms with E-state index in [1.54, 1.807) is 30.5 Å². The number of nitrogens with zero attached hydrogens (tertiary/aromatic N) is 1. The molecular weight excluding hydrogens is 226 g/mol. The third-order valence-electron chi connectivity index (χ3n) is 2.95. The molecule has 0 spiro atoms. The fourth-order valence-electron chi connectivity index (χ4n) is 1.68. The lowest BCUT2D eigenvalue weighted by Gasteiger charge is -2.06. The van der Waals surface area contributed by atoms with E-state index in [-0.39, 0.29) is 6.03 Å². The maximum absolute atomic E-state index is 11.7. The summed E-state index contributed by atoms with van der Waals surface area (Å²) in [6, 6.07) is 8.63. The predicted molar refractivity (Wildman–Crippen MR) is 69.8 cm³/mol. The van der Waals surface area contributed by atoms with Crippen LogP contribution < -0.4 is 10.6 Å². The number of allylic oxidation sites excluding steroid dienone is 1. The van der Waals surface area contributed by atoms with Gasteiger partial charge < -0.3 is 10.6 Å². The summed E-state index contributed by atoms with van der Waals surface area (Å²) in [7, 11) is 0. The number of amides is 2.